The summed E-state index contributed by atoms with van der Waals surface area (Å²) in [6, 6.07) is 19.6. The summed E-state index contributed by atoms with van der Waals surface area (Å²) in [6.07, 6.45) is 16.9. The van der Waals surface area contributed by atoms with Crippen LogP contribution in [0.3, 0.4) is 0 Å². The van der Waals surface area contributed by atoms with Crippen molar-refractivity contribution in [3.63, 3.8) is 0 Å². The van der Waals surface area contributed by atoms with Gasteiger partial charge in [0.25, 0.3) is 0 Å². The Hall–Kier alpha value is -4.43. The highest BCUT2D eigenvalue weighted by Crippen LogP contribution is 2.67. The van der Waals surface area contributed by atoms with Gasteiger partial charge in [0, 0.05) is 6.42 Å². The van der Waals surface area contributed by atoms with Crippen LogP contribution in [0.1, 0.15) is 150 Å². The molecule has 4 aliphatic carbocycles. The van der Waals surface area contributed by atoms with Crippen molar-refractivity contribution in [2.45, 2.75) is 125 Å². The maximum Gasteiger partial charge on any atom is 0.343 e. The van der Waals surface area contributed by atoms with Crippen molar-refractivity contribution in [1.29, 1.82) is 0 Å². The molecule has 8 unspecified atom stereocenters. The van der Waals surface area contributed by atoms with Gasteiger partial charge < -0.3 is 23.7 Å². The third-order valence-electron chi connectivity index (χ3n) is 16.3. The molecule has 5 aliphatic rings. The minimum absolute atomic E-state index is 0.0680. The van der Waals surface area contributed by atoms with Gasteiger partial charge in [-0.3, -0.25) is 0 Å². The van der Waals surface area contributed by atoms with Crippen LogP contribution >= 0.6 is 0 Å². The van der Waals surface area contributed by atoms with Crippen molar-refractivity contribution in [1.82, 2.24) is 0 Å². The van der Waals surface area contributed by atoms with Gasteiger partial charge in [0.15, 0.2) is 0 Å². The van der Waals surface area contributed by atoms with Crippen LogP contribution < -0.4 is 14.2 Å². The third kappa shape index (κ3) is 9.14. The van der Waals surface area contributed by atoms with Crippen molar-refractivity contribution in [3.05, 3.63) is 101 Å². The molecule has 1 saturated heterocycles. The van der Waals surface area contributed by atoms with E-state index >= 15 is 0 Å². The number of allylic oxidation sites excluding steroid dienone is 1. The van der Waals surface area contributed by atoms with Crippen LogP contribution in [0.4, 0.5) is 0 Å². The molecule has 332 valence electrons. The molecule has 3 aromatic rings. The highest BCUT2D eigenvalue weighted by molar-refractivity contribution is 5.94. The zero-order valence-electron chi connectivity index (χ0n) is 37.9. The summed E-state index contributed by atoms with van der Waals surface area (Å²) in [5.41, 5.74) is 3.34. The lowest BCUT2D eigenvalue weighted by atomic mass is 9.47. The maximum absolute atomic E-state index is 13.4. The van der Waals surface area contributed by atoms with Crippen molar-refractivity contribution in [3.8, 4) is 17.2 Å². The number of rotatable bonds is 15. The molecule has 8 nitrogen and oxygen atoms in total. The maximum atomic E-state index is 13.4. The third-order valence-corrected chi connectivity index (χ3v) is 16.3. The predicted octanol–water partition coefficient (Wildman–Crippen LogP) is 12.5. The average molecular weight is 845 g/mol. The second-order valence-corrected chi connectivity index (χ2v) is 20.5. The molecule has 3 aromatic carbocycles. The lowest BCUT2D eigenvalue weighted by Gasteiger charge is -2.58. The summed E-state index contributed by atoms with van der Waals surface area (Å²) in [5.74, 6) is 4.64. The van der Waals surface area contributed by atoms with E-state index in [9.17, 15) is 14.4 Å². The van der Waals surface area contributed by atoms with Crippen LogP contribution in [-0.2, 0) is 9.47 Å². The Balaban J connectivity index is 0.798. The first kappa shape index (κ1) is 44.2. The van der Waals surface area contributed by atoms with Crippen LogP contribution in [-0.4, -0.2) is 43.8 Å². The molecule has 8 rings (SSSR count). The van der Waals surface area contributed by atoms with E-state index in [0.717, 1.165) is 61.2 Å². The summed E-state index contributed by atoms with van der Waals surface area (Å²) in [7, 11) is 0. The molecule has 0 radical (unpaired) electrons. The van der Waals surface area contributed by atoms with Gasteiger partial charge >= 0.3 is 17.9 Å². The molecule has 62 heavy (non-hydrogen) atoms. The predicted molar refractivity (Wildman–Crippen MR) is 241 cm³/mol. The quantitative estimate of drug-likeness (QED) is 0.0847. The van der Waals surface area contributed by atoms with E-state index in [1.54, 1.807) is 72.8 Å². The number of ether oxygens (including phenoxy) is 5. The summed E-state index contributed by atoms with van der Waals surface area (Å²) >= 11 is 0. The number of carbonyl (C=O) groups excluding carboxylic acids is 3. The zero-order valence-corrected chi connectivity index (χ0v) is 37.9. The van der Waals surface area contributed by atoms with Crippen molar-refractivity contribution >= 4 is 17.9 Å². The fourth-order valence-electron chi connectivity index (χ4n) is 12.3. The second kappa shape index (κ2) is 18.3. The summed E-state index contributed by atoms with van der Waals surface area (Å²) in [5, 5.41) is 0. The molecule has 0 bridgehead atoms. The number of carbonyl (C=O) groups is 3. The molecule has 0 amide bonds. The largest absolute Gasteiger partial charge is 0.493 e. The Labute approximate surface area is 369 Å². The zero-order chi connectivity index (χ0) is 43.6. The van der Waals surface area contributed by atoms with E-state index in [1.165, 1.54) is 56.9 Å². The Morgan fingerprint density at radius 2 is 1.31 bits per heavy atom. The highest BCUT2D eigenvalue weighted by Gasteiger charge is 2.59. The molecule has 0 spiro atoms. The van der Waals surface area contributed by atoms with Crippen LogP contribution in [0.2, 0.25) is 0 Å². The molecule has 0 N–H and O–H groups in total. The van der Waals surface area contributed by atoms with Crippen molar-refractivity contribution < 1.29 is 38.1 Å². The van der Waals surface area contributed by atoms with Gasteiger partial charge in [-0.15, -0.1) is 0 Å². The van der Waals surface area contributed by atoms with Crippen LogP contribution in [0.15, 0.2) is 84.4 Å². The number of esters is 3. The van der Waals surface area contributed by atoms with Gasteiger partial charge in [0.2, 0.25) is 0 Å². The molecule has 0 aromatic heterocycles. The molecule has 8 heteroatoms. The van der Waals surface area contributed by atoms with E-state index in [1.807, 2.05) is 0 Å². The van der Waals surface area contributed by atoms with E-state index in [2.05, 4.69) is 47.6 Å². The first-order valence-corrected chi connectivity index (χ1v) is 23.6. The summed E-state index contributed by atoms with van der Waals surface area (Å²) in [4.78, 5) is 39.2. The minimum atomic E-state index is -0.562. The fraction of sp³-hybridized carbons (Fsp3) is 0.574. The van der Waals surface area contributed by atoms with Crippen molar-refractivity contribution in [2.75, 3.05) is 19.8 Å². The Morgan fingerprint density at radius 3 is 1.89 bits per heavy atom. The van der Waals surface area contributed by atoms with E-state index < -0.39 is 11.9 Å². The van der Waals surface area contributed by atoms with Gasteiger partial charge in [-0.05, 0) is 171 Å². The lowest BCUT2D eigenvalue weighted by molar-refractivity contribution is -0.133. The first-order chi connectivity index (χ1) is 29.8. The molecule has 1 aliphatic heterocycles. The molecule has 4 fully saturated rings. The van der Waals surface area contributed by atoms with Gasteiger partial charge in [-0.1, -0.05) is 72.5 Å². The van der Waals surface area contributed by atoms with E-state index in [-0.39, 0.29) is 22.9 Å². The molecular formula is C54H68O8. The number of benzene rings is 3. The number of hydrogen-bond acceptors (Lipinski definition) is 8. The lowest BCUT2D eigenvalue weighted by Crippen LogP contribution is -2.51. The van der Waals surface area contributed by atoms with Crippen molar-refractivity contribution in [2.24, 2.45) is 51.8 Å². The van der Waals surface area contributed by atoms with Crippen LogP contribution in [0.5, 0.6) is 17.2 Å². The Bertz CT molecular complexity index is 2080. The monoisotopic (exact) mass is 844 g/mol. The van der Waals surface area contributed by atoms with Gasteiger partial charge in [0.05, 0.1) is 41.9 Å². The second-order valence-electron chi connectivity index (χ2n) is 20.5. The molecular weight excluding hydrogens is 777 g/mol. The van der Waals surface area contributed by atoms with Crippen LogP contribution in [0.25, 0.3) is 0 Å². The van der Waals surface area contributed by atoms with Gasteiger partial charge in [-0.2, -0.15) is 0 Å². The van der Waals surface area contributed by atoms with Gasteiger partial charge in [0.1, 0.15) is 23.4 Å². The van der Waals surface area contributed by atoms with Crippen LogP contribution in [0, 0.1) is 51.8 Å². The molecule has 8 atom stereocenters. The molecule has 1 heterocycles. The Morgan fingerprint density at radius 1 is 0.710 bits per heavy atom. The standard InChI is InChI=1S/C54H68O8/c1-7-54(32-58-33-54)34-59-41-18-15-39(16-19-41)50(56)61-43-22-20-42(21-23-43)60-49(55)37-11-13-38(14-12-37)51(57)62-44-27-29-52(5)40(31-44)17-24-45-47-26-25-46(36(4)10-8-9-35(2)3)53(47,6)30-28-48(45)52/h11-23,35-36,44-48H,7-10,24-34H2,1-6H3. The highest BCUT2D eigenvalue weighted by atomic mass is 16.5. The molecule has 3 saturated carbocycles. The van der Waals surface area contributed by atoms with Gasteiger partial charge in [-0.25, -0.2) is 14.4 Å². The Kier molecular flexibility index (Phi) is 13.1. The number of fused-ring (bicyclic) bond motifs is 5. The average Bonchev–Trinajstić information content (AvgIpc) is 3.61. The fourth-order valence-corrected chi connectivity index (χ4v) is 12.3. The normalized spacial score (nSPS) is 28.9. The van der Waals surface area contributed by atoms with E-state index in [0.29, 0.717) is 59.2 Å². The minimum Gasteiger partial charge on any atom is -0.493 e. The summed E-state index contributed by atoms with van der Waals surface area (Å²) in [6.45, 7) is 16.5. The topological polar surface area (TPSA) is 97.4 Å². The smallest absolute Gasteiger partial charge is 0.343 e. The first-order valence-electron chi connectivity index (χ1n) is 23.6. The number of hydrogen-bond donors (Lipinski definition) is 0. The SMILES string of the molecule is CCC1(COc2ccc(C(=O)Oc3ccc(OC(=O)c4ccc(C(=O)OC5CCC6(C)C(=CCC7C6CCC6(C)C(C(C)CCCC(C)C)CCC76)C5)cc4)cc3)cc2)COC1. The van der Waals surface area contributed by atoms with E-state index in [4.69, 9.17) is 23.7 Å². The summed E-state index contributed by atoms with van der Waals surface area (Å²) < 4.78 is 28.6.